The first kappa shape index (κ1) is 25.0. The molecule has 0 atom stereocenters. The summed E-state index contributed by atoms with van der Waals surface area (Å²) in [6.45, 7) is 4.78. The largest absolute Gasteiger partial charge is 0.367 e. The molecule has 2 aromatic rings. The first-order valence-electron chi connectivity index (χ1n) is 10.7. The molecule has 2 heterocycles. The number of nitrogens with one attached hydrogen (secondary N) is 1. The van der Waals surface area contributed by atoms with Gasteiger partial charge in [-0.05, 0) is 36.6 Å². The van der Waals surface area contributed by atoms with Gasteiger partial charge in [-0.3, -0.25) is 19.1 Å². The maximum absolute atomic E-state index is 13.0. The Labute approximate surface area is 208 Å². The van der Waals surface area contributed by atoms with Gasteiger partial charge in [-0.2, -0.15) is 5.26 Å². The standard InChI is InChI=1S/C24H25ClN4O2S2/c1-4-5-8-11-29-23(31)20(33-24(29)32)12-17-15(2)18(13-26)22(30)28(3)21(17)27-14-16-9-6-7-10-19(16)25/h6-7,9-10,12,27H,4-5,8,11,14H2,1-3H3/b20-12+. The summed E-state index contributed by atoms with van der Waals surface area (Å²) in [5.41, 5.74) is 1.63. The van der Waals surface area contributed by atoms with Gasteiger partial charge in [-0.1, -0.05) is 73.5 Å². The highest BCUT2D eigenvalue weighted by Crippen LogP contribution is 2.35. The number of pyridine rings is 1. The molecule has 1 aliphatic heterocycles. The lowest BCUT2D eigenvalue weighted by molar-refractivity contribution is -0.122. The van der Waals surface area contributed by atoms with Gasteiger partial charge in [0.2, 0.25) is 0 Å². The van der Waals surface area contributed by atoms with Crippen LogP contribution in [0.5, 0.6) is 0 Å². The van der Waals surface area contributed by atoms with Crippen LogP contribution in [-0.4, -0.2) is 26.2 Å². The number of benzene rings is 1. The lowest BCUT2D eigenvalue weighted by Gasteiger charge is -2.18. The van der Waals surface area contributed by atoms with Crippen LogP contribution in [-0.2, 0) is 18.4 Å². The monoisotopic (exact) mass is 500 g/mol. The van der Waals surface area contributed by atoms with Crippen LogP contribution in [0.15, 0.2) is 34.0 Å². The fourth-order valence-electron chi connectivity index (χ4n) is 3.61. The molecule has 1 amide bonds. The van der Waals surface area contributed by atoms with E-state index >= 15 is 0 Å². The molecule has 6 nitrogen and oxygen atoms in total. The summed E-state index contributed by atoms with van der Waals surface area (Å²) in [4.78, 5) is 27.9. The van der Waals surface area contributed by atoms with Gasteiger partial charge >= 0.3 is 0 Å². The van der Waals surface area contributed by atoms with Crippen molar-refractivity contribution in [2.24, 2.45) is 7.05 Å². The molecule has 1 aliphatic rings. The number of thioether (sulfide) groups is 1. The minimum absolute atomic E-state index is 0.0467. The number of nitrogens with zero attached hydrogens (tertiary/aromatic N) is 3. The summed E-state index contributed by atoms with van der Waals surface area (Å²) in [7, 11) is 1.60. The van der Waals surface area contributed by atoms with Crippen molar-refractivity contribution < 1.29 is 4.79 Å². The molecule has 3 rings (SSSR count). The highest BCUT2D eigenvalue weighted by molar-refractivity contribution is 8.26. The van der Waals surface area contributed by atoms with Crippen LogP contribution in [0.25, 0.3) is 6.08 Å². The number of aromatic nitrogens is 1. The molecular weight excluding hydrogens is 476 g/mol. The third kappa shape index (κ3) is 5.32. The molecule has 0 radical (unpaired) electrons. The first-order valence-corrected chi connectivity index (χ1v) is 12.3. The van der Waals surface area contributed by atoms with Crippen molar-refractivity contribution >= 4 is 57.7 Å². The Morgan fingerprint density at radius 3 is 2.67 bits per heavy atom. The van der Waals surface area contributed by atoms with Crippen molar-refractivity contribution in [3.05, 3.63) is 66.8 Å². The fraction of sp³-hybridized carbons (Fsp3) is 0.333. The molecule has 0 unspecified atom stereocenters. The normalized spacial score (nSPS) is 14.8. The van der Waals surface area contributed by atoms with Gasteiger partial charge in [-0.15, -0.1) is 0 Å². The van der Waals surface area contributed by atoms with E-state index in [4.69, 9.17) is 23.8 Å². The Bertz CT molecular complexity index is 1230. The maximum atomic E-state index is 13.0. The number of amides is 1. The van der Waals surface area contributed by atoms with Crippen LogP contribution in [0.2, 0.25) is 5.02 Å². The zero-order valence-electron chi connectivity index (χ0n) is 18.8. The van der Waals surface area contributed by atoms with Crippen LogP contribution in [0.3, 0.4) is 0 Å². The zero-order valence-corrected chi connectivity index (χ0v) is 21.2. The Hall–Kier alpha value is -2.60. The van der Waals surface area contributed by atoms with Gasteiger partial charge in [0, 0.05) is 30.7 Å². The van der Waals surface area contributed by atoms with Crippen LogP contribution in [0.4, 0.5) is 5.82 Å². The quantitative estimate of drug-likeness (QED) is 0.304. The van der Waals surface area contributed by atoms with Gasteiger partial charge < -0.3 is 5.32 Å². The number of anilines is 1. The molecular formula is C24H25ClN4O2S2. The molecule has 9 heteroatoms. The smallest absolute Gasteiger partial charge is 0.270 e. The van der Waals surface area contributed by atoms with Crippen LogP contribution >= 0.6 is 35.6 Å². The lowest BCUT2D eigenvalue weighted by atomic mass is 10.0. The number of halogens is 1. The number of nitriles is 1. The highest BCUT2D eigenvalue weighted by atomic mass is 35.5. The molecule has 0 saturated carbocycles. The van der Waals surface area contributed by atoms with Gasteiger partial charge in [-0.25, -0.2) is 0 Å². The molecule has 33 heavy (non-hydrogen) atoms. The van der Waals surface area contributed by atoms with E-state index in [0.29, 0.717) is 44.3 Å². The van der Waals surface area contributed by atoms with E-state index in [2.05, 4.69) is 12.2 Å². The lowest BCUT2D eigenvalue weighted by Crippen LogP contribution is -2.29. The van der Waals surface area contributed by atoms with E-state index in [1.54, 1.807) is 31.0 Å². The summed E-state index contributed by atoms with van der Waals surface area (Å²) < 4.78 is 1.92. The molecule has 1 aromatic heterocycles. The predicted molar refractivity (Wildman–Crippen MR) is 139 cm³/mol. The van der Waals surface area contributed by atoms with E-state index in [0.717, 1.165) is 24.8 Å². The minimum Gasteiger partial charge on any atom is -0.367 e. The fourth-order valence-corrected chi connectivity index (χ4v) is 5.10. The van der Waals surface area contributed by atoms with E-state index < -0.39 is 5.56 Å². The van der Waals surface area contributed by atoms with Gasteiger partial charge in [0.15, 0.2) is 0 Å². The van der Waals surface area contributed by atoms with Gasteiger partial charge in [0.1, 0.15) is 21.8 Å². The number of unbranched alkanes of at least 4 members (excludes halogenated alkanes) is 2. The maximum Gasteiger partial charge on any atom is 0.270 e. The topological polar surface area (TPSA) is 78.1 Å². The first-order chi connectivity index (χ1) is 15.8. The third-order valence-corrected chi connectivity index (χ3v) is 7.28. The summed E-state index contributed by atoms with van der Waals surface area (Å²) >= 11 is 13.0. The van der Waals surface area contributed by atoms with Crippen LogP contribution in [0.1, 0.15) is 48.4 Å². The average molecular weight is 501 g/mol. The van der Waals surface area contributed by atoms with Crippen molar-refractivity contribution in [1.29, 1.82) is 5.26 Å². The zero-order chi connectivity index (χ0) is 24.1. The number of thiocarbonyl (C=S) groups is 1. The van der Waals surface area contributed by atoms with Crippen molar-refractivity contribution in [1.82, 2.24) is 9.47 Å². The van der Waals surface area contributed by atoms with E-state index in [1.807, 2.05) is 24.3 Å². The number of carbonyl (C=O) groups excluding carboxylic acids is 1. The van der Waals surface area contributed by atoms with E-state index in [-0.39, 0.29) is 11.5 Å². The number of rotatable bonds is 8. The predicted octanol–water partition coefficient (Wildman–Crippen LogP) is 5.22. The van der Waals surface area contributed by atoms with E-state index in [1.165, 1.54) is 16.3 Å². The molecule has 1 N–H and O–H groups in total. The van der Waals surface area contributed by atoms with E-state index in [9.17, 15) is 14.9 Å². The second kappa shape index (κ2) is 11.0. The summed E-state index contributed by atoms with van der Waals surface area (Å²) in [5, 5.41) is 13.5. The van der Waals surface area contributed by atoms with Crippen molar-refractivity contribution in [2.45, 2.75) is 39.7 Å². The summed E-state index contributed by atoms with van der Waals surface area (Å²) in [5.74, 6) is 0.359. The molecule has 1 saturated heterocycles. The molecule has 1 aromatic carbocycles. The summed E-state index contributed by atoms with van der Waals surface area (Å²) in [6.07, 6.45) is 4.69. The molecule has 0 aliphatic carbocycles. The number of hydrogen-bond acceptors (Lipinski definition) is 6. The van der Waals surface area contributed by atoms with Crippen molar-refractivity contribution in [3.8, 4) is 6.07 Å². The Morgan fingerprint density at radius 2 is 2.00 bits per heavy atom. The number of carbonyl (C=O) groups is 1. The Balaban J connectivity index is 2.03. The minimum atomic E-state index is -0.402. The van der Waals surface area contributed by atoms with Crippen molar-refractivity contribution in [3.63, 3.8) is 0 Å². The SMILES string of the molecule is CCCCCN1C(=O)/C(=C\c2c(C)c(C#N)c(=O)n(C)c2NCc2ccccc2Cl)SC1=S. The molecule has 0 spiro atoms. The summed E-state index contributed by atoms with van der Waals surface area (Å²) in [6, 6.07) is 9.43. The third-order valence-electron chi connectivity index (χ3n) is 5.54. The highest BCUT2D eigenvalue weighted by Gasteiger charge is 2.32. The van der Waals surface area contributed by atoms with Crippen molar-refractivity contribution in [2.75, 3.05) is 11.9 Å². The molecule has 172 valence electrons. The Kier molecular flexibility index (Phi) is 8.35. The second-order valence-corrected chi connectivity index (χ2v) is 9.81. The number of hydrogen-bond donors (Lipinski definition) is 1. The molecule has 0 bridgehead atoms. The van der Waals surface area contributed by atoms with Crippen LogP contribution in [0, 0.1) is 18.3 Å². The van der Waals surface area contributed by atoms with Gasteiger partial charge in [0.25, 0.3) is 11.5 Å². The second-order valence-electron chi connectivity index (χ2n) is 7.72. The average Bonchev–Trinajstić information content (AvgIpc) is 3.06. The molecule has 1 fully saturated rings. The Morgan fingerprint density at radius 1 is 1.27 bits per heavy atom. The van der Waals surface area contributed by atoms with Crippen LogP contribution < -0.4 is 10.9 Å². The van der Waals surface area contributed by atoms with Gasteiger partial charge in [0.05, 0.1) is 4.91 Å².